The molecule has 128 valence electrons. The highest BCUT2D eigenvalue weighted by molar-refractivity contribution is 5.81. The van der Waals surface area contributed by atoms with Gasteiger partial charge in [-0.05, 0) is 25.0 Å². The van der Waals surface area contributed by atoms with Crippen molar-refractivity contribution < 1.29 is 9.53 Å². The summed E-state index contributed by atoms with van der Waals surface area (Å²) in [5.41, 5.74) is 2.02. The molecule has 0 N–H and O–H groups in total. The largest absolute Gasteiger partial charge is 0.379 e. The number of amides is 1. The van der Waals surface area contributed by atoms with Gasteiger partial charge in [0.25, 0.3) is 0 Å². The molecular weight excluding hydrogens is 304 g/mol. The molecule has 1 amide bonds. The normalized spacial score (nSPS) is 19.2. The summed E-state index contributed by atoms with van der Waals surface area (Å²) in [6.07, 6.45) is 2.24. The fourth-order valence-electron chi connectivity index (χ4n) is 3.58. The van der Waals surface area contributed by atoms with Crippen LogP contribution in [-0.2, 0) is 22.6 Å². The molecule has 1 aromatic heterocycles. The molecule has 4 rings (SSSR count). The maximum atomic E-state index is 12.6. The van der Waals surface area contributed by atoms with Gasteiger partial charge in [-0.25, -0.2) is 4.98 Å². The number of para-hydroxylation sites is 2. The van der Waals surface area contributed by atoms with Gasteiger partial charge in [-0.2, -0.15) is 0 Å². The van der Waals surface area contributed by atoms with Crippen molar-refractivity contribution in [2.45, 2.75) is 25.9 Å². The van der Waals surface area contributed by atoms with Gasteiger partial charge in [0.1, 0.15) is 12.4 Å². The lowest BCUT2D eigenvalue weighted by Crippen LogP contribution is -2.37. The molecule has 3 heterocycles. The fourth-order valence-corrected chi connectivity index (χ4v) is 3.58. The summed E-state index contributed by atoms with van der Waals surface area (Å²) in [6.45, 7) is 6.33. The van der Waals surface area contributed by atoms with Crippen LogP contribution in [0.25, 0.3) is 11.0 Å². The van der Waals surface area contributed by atoms with Crippen LogP contribution < -0.4 is 0 Å². The van der Waals surface area contributed by atoms with Crippen molar-refractivity contribution in [3.63, 3.8) is 0 Å². The number of imidazole rings is 1. The number of carbonyl (C=O) groups is 1. The number of ether oxygens (including phenoxy) is 1. The molecule has 0 bridgehead atoms. The van der Waals surface area contributed by atoms with Crippen LogP contribution in [0.1, 0.15) is 18.7 Å². The minimum atomic E-state index is 0.207. The number of morpholine rings is 1. The zero-order valence-electron chi connectivity index (χ0n) is 14.0. The first-order valence-electron chi connectivity index (χ1n) is 8.83. The summed E-state index contributed by atoms with van der Waals surface area (Å²) >= 11 is 0. The van der Waals surface area contributed by atoms with Crippen molar-refractivity contribution >= 4 is 16.9 Å². The van der Waals surface area contributed by atoms with E-state index in [0.29, 0.717) is 6.54 Å². The van der Waals surface area contributed by atoms with Crippen LogP contribution in [0.3, 0.4) is 0 Å². The third kappa shape index (κ3) is 3.16. The van der Waals surface area contributed by atoms with E-state index in [0.717, 1.165) is 75.6 Å². The van der Waals surface area contributed by atoms with Crippen molar-refractivity contribution in [3.05, 3.63) is 30.1 Å². The number of rotatable bonds is 4. The molecule has 0 spiro atoms. The van der Waals surface area contributed by atoms with E-state index >= 15 is 0 Å². The quantitative estimate of drug-likeness (QED) is 0.853. The van der Waals surface area contributed by atoms with Crippen LogP contribution in [-0.4, -0.2) is 64.7 Å². The number of nitrogens with zero attached hydrogens (tertiary/aromatic N) is 4. The minimum Gasteiger partial charge on any atom is -0.379 e. The molecule has 2 fully saturated rings. The molecule has 6 nitrogen and oxygen atoms in total. The lowest BCUT2D eigenvalue weighted by atomic mass is 10.3. The van der Waals surface area contributed by atoms with Crippen LogP contribution in [0.15, 0.2) is 24.3 Å². The van der Waals surface area contributed by atoms with E-state index in [4.69, 9.17) is 9.72 Å². The van der Waals surface area contributed by atoms with Crippen molar-refractivity contribution in [1.82, 2.24) is 19.4 Å². The molecule has 2 saturated heterocycles. The van der Waals surface area contributed by atoms with Crippen LogP contribution >= 0.6 is 0 Å². The Bertz CT molecular complexity index is 715. The zero-order valence-corrected chi connectivity index (χ0v) is 14.0. The predicted molar refractivity (Wildman–Crippen MR) is 91.6 cm³/mol. The SMILES string of the molecule is O=C(Cn1c(CN2CCOCC2)nc2ccccc21)N1CCCC1. The standard InChI is InChI=1S/C18H24N4O2/c23-18(21-7-3-4-8-21)14-22-16-6-2-1-5-15(16)19-17(22)13-20-9-11-24-12-10-20/h1-2,5-6H,3-4,7-14H2. The third-order valence-corrected chi connectivity index (χ3v) is 4.95. The van der Waals surface area contributed by atoms with Crippen molar-refractivity contribution in [2.24, 2.45) is 0 Å². The second-order valence-electron chi connectivity index (χ2n) is 6.58. The molecule has 0 saturated carbocycles. The summed E-state index contributed by atoms with van der Waals surface area (Å²) in [5.74, 6) is 1.18. The predicted octanol–water partition coefficient (Wildman–Crippen LogP) is 1.49. The first-order valence-corrected chi connectivity index (χ1v) is 8.83. The van der Waals surface area contributed by atoms with Gasteiger partial charge in [-0.3, -0.25) is 9.69 Å². The van der Waals surface area contributed by atoms with Gasteiger partial charge >= 0.3 is 0 Å². The van der Waals surface area contributed by atoms with Gasteiger partial charge in [0, 0.05) is 26.2 Å². The number of hydrogen-bond donors (Lipinski definition) is 0. The summed E-state index contributed by atoms with van der Waals surface area (Å²) in [4.78, 5) is 21.8. The summed E-state index contributed by atoms with van der Waals surface area (Å²) < 4.78 is 7.53. The van der Waals surface area contributed by atoms with Crippen molar-refractivity contribution in [1.29, 1.82) is 0 Å². The summed E-state index contributed by atoms with van der Waals surface area (Å²) in [7, 11) is 0. The molecule has 2 aromatic rings. The number of hydrogen-bond acceptors (Lipinski definition) is 4. The smallest absolute Gasteiger partial charge is 0.242 e. The molecule has 24 heavy (non-hydrogen) atoms. The second-order valence-corrected chi connectivity index (χ2v) is 6.58. The second kappa shape index (κ2) is 6.91. The summed E-state index contributed by atoms with van der Waals surface area (Å²) in [5, 5.41) is 0. The Morgan fingerprint density at radius 2 is 1.83 bits per heavy atom. The molecule has 2 aliphatic heterocycles. The number of carbonyl (C=O) groups excluding carboxylic acids is 1. The molecule has 2 aliphatic rings. The Kier molecular flexibility index (Phi) is 4.49. The average molecular weight is 328 g/mol. The number of aromatic nitrogens is 2. The molecule has 6 heteroatoms. The van der Waals surface area contributed by atoms with Gasteiger partial charge in [-0.15, -0.1) is 0 Å². The zero-order chi connectivity index (χ0) is 16.4. The van der Waals surface area contributed by atoms with Crippen molar-refractivity contribution in [3.8, 4) is 0 Å². The highest BCUT2D eigenvalue weighted by Gasteiger charge is 2.22. The Labute approximate surface area is 142 Å². The Morgan fingerprint density at radius 1 is 1.08 bits per heavy atom. The lowest BCUT2D eigenvalue weighted by Gasteiger charge is -2.26. The van der Waals surface area contributed by atoms with E-state index < -0.39 is 0 Å². The molecule has 0 atom stereocenters. The monoisotopic (exact) mass is 328 g/mol. The number of likely N-dealkylation sites (tertiary alicyclic amines) is 1. The first kappa shape index (κ1) is 15.6. The van der Waals surface area contributed by atoms with E-state index in [1.54, 1.807) is 0 Å². The number of fused-ring (bicyclic) bond motifs is 1. The van der Waals surface area contributed by atoms with Crippen LogP contribution in [0, 0.1) is 0 Å². The van der Waals surface area contributed by atoms with Crippen LogP contribution in [0.2, 0.25) is 0 Å². The average Bonchev–Trinajstić information content (AvgIpc) is 3.25. The topological polar surface area (TPSA) is 50.6 Å². The highest BCUT2D eigenvalue weighted by atomic mass is 16.5. The Morgan fingerprint density at radius 3 is 2.62 bits per heavy atom. The molecule has 0 unspecified atom stereocenters. The van der Waals surface area contributed by atoms with Gasteiger partial charge in [0.15, 0.2) is 0 Å². The molecule has 1 aromatic carbocycles. The molecule has 0 radical (unpaired) electrons. The lowest BCUT2D eigenvalue weighted by molar-refractivity contribution is -0.130. The Hall–Kier alpha value is -1.92. The van der Waals surface area contributed by atoms with Crippen LogP contribution in [0.4, 0.5) is 0 Å². The van der Waals surface area contributed by atoms with Gasteiger partial charge in [-0.1, -0.05) is 12.1 Å². The van der Waals surface area contributed by atoms with Crippen LogP contribution in [0.5, 0.6) is 0 Å². The van der Waals surface area contributed by atoms with Gasteiger partial charge in [0.05, 0.1) is 30.8 Å². The molecule has 0 aliphatic carbocycles. The Balaban J connectivity index is 1.60. The van der Waals surface area contributed by atoms with E-state index in [1.807, 2.05) is 23.1 Å². The maximum absolute atomic E-state index is 12.6. The fraction of sp³-hybridized carbons (Fsp3) is 0.556. The van der Waals surface area contributed by atoms with E-state index in [9.17, 15) is 4.79 Å². The number of benzene rings is 1. The minimum absolute atomic E-state index is 0.207. The highest BCUT2D eigenvalue weighted by Crippen LogP contribution is 2.19. The van der Waals surface area contributed by atoms with Crippen molar-refractivity contribution in [2.75, 3.05) is 39.4 Å². The van der Waals surface area contributed by atoms with E-state index in [1.165, 1.54) is 0 Å². The van der Waals surface area contributed by atoms with E-state index in [2.05, 4.69) is 15.5 Å². The van der Waals surface area contributed by atoms with E-state index in [-0.39, 0.29) is 5.91 Å². The third-order valence-electron chi connectivity index (χ3n) is 4.95. The first-order chi connectivity index (χ1) is 11.8. The maximum Gasteiger partial charge on any atom is 0.242 e. The van der Waals surface area contributed by atoms with Gasteiger partial charge in [0.2, 0.25) is 5.91 Å². The molecular formula is C18H24N4O2. The summed E-state index contributed by atoms with van der Waals surface area (Å²) in [6, 6.07) is 8.09. The van der Waals surface area contributed by atoms with Gasteiger partial charge < -0.3 is 14.2 Å².